The highest BCUT2D eigenvalue weighted by Gasteiger charge is 2.50. The summed E-state index contributed by atoms with van der Waals surface area (Å²) in [6.45, 7) is 4.21. The van der Waals surface area contributed by atoms with Gasteiger partial charge in [0.2, 0.25) is 11.5 Å². The summed E-state index contributed by atoms with van der Waals surface area (Å²) < 4.78 is 193. The third-order valence-electron chi connectivity index (χ3n) is 13.9. The van der Waals surface area contributed by atoms with Gasteiger partial charge in [0, 0.05) is 78.6 Å². The van der Waals surface area contributed by atoms with Crippen LogP contribution in [-0.4, -0.2) is 141 Å². The molecule has 3 heterocycles. The average molecular weight is 1160 g/mol. The molecule has 1 N–H and O–H groups in total. The molecule has 0 spiro atoms. The van der Waals surface area contributed by atoms with Crippen LogP contribution in [0.25, 0.3) is 21.5 Å². The van der Waals surface area contributed by atoms with E-state index in [1.165, 1.54) is 59.9 Å². The van der Waals surface area contributed by atoms with Crippen molar-refractivity contribution in [1.29, 1.82) is 0 Å². The number of rotatable bonds is 18. The van der Waals surface area contributed by atoms with Gasteiger partial charge in [-0.15, -0.1) is 5.06 Å². The van der Waals surface area contributed by atoms with Crippen molar-refractivity contribution >= 4 is 113 Å². The number of methoxy groups -OCH3 is 1. The largest absolute Gasteiger partial charge is 0.748 e. The maximum Gasteiger partial charge on any atom is 0.333 e. The van der Waals surface area contributed by atoms with Crippen molar-refractivity contribution in [2.24, 2.45) is 0 Å². The number of hydroxylamine groups is 2. The fourth-order valence-corrected chi connectivity index (χ4v) is 13.6. The fraction of sp³-hybridized carbons (Fsp3) is 0.340. The molecule has 0 saturated carbocycles. The zero-order valence-corrected chi connectivity index (χ0v) is 44.8. The van der Waals surface area contributed by atoms with Crippen LogP contribution in [0.15, 0.2) is 103 Å². The average Bonchev–Trinajstić information content (AvgIpc) is 3.86. The molecule has 30 heteroatoms. The zero-order valence-electron chi connectivity index (χ0n) is 40.7. The number of hydrogen-bond donors (Lipinski definition) is 1. The van der Waals surface area contributed by atoms with Crippen LogP contribution in [0.5, 0.6) is 0 Å². The number of anilines is 1. The highest BCUT2D eigenvalue weighted by molar-refractivity contribution is 7.87. The number of nitrogens with zero attached hydrogens (tertiary/aromatic N) is 3. The molecule has 1 unspecified atom stereocenters. The van der Waals surface area contributed by atoms with Gasteiger partial charge in [-0.05, 0) is 97.8 Å². The zero-order chi connectivity index (χ0) is 56.9. The number of carbonyl (C=O) groups is 4. The van der Waals surface area contributed by atoms with Crippen LogP contribution in [-0.2, 0) is 90.2 Å². The Morgan fingerprint density at radius 2 is 1.27 bits per heavy atom. The minimum atomic E-state index is -5.50. The van der Waals surface area contributed by atoms with Crippen LogP contribution >= 0.6 is 0 Å². The van der Waals surface area contributed by atoms with Crippen molar-refractivity contribution < 1.29 is 103 Å². The second-order valence-corrected chi connectivity index (χ2v) is 26.1. The Bertz CT molecular complexity index is 4050. The van der Waals surface area contributed by atoms with Crippen molar-refractivity contribution in [3.8, 4) is 0 Å². The molecule has 1 aliphatic carbocycles. The van der Waals surface area contributed by atoms with E-state index in [9.17, 15) is 89.1 Å². The monoisotopic (exact) mass is 1160 g/mol. The van der Waals surface area contributed by atoms with E-state index in [4.69, 9.17) is 9.57 Å². The van der Waals surface area contributed by atoms with Crippen molar-refractivity contribution in [1.82, 2.24) is 5.06 Å². The molecule has 412 valence electrons. The van der Waals surface area contributed by atoms with E-state index < -0.39 is 134 Å². The van der Waals surface area contributed by atoms with E-state index in [2.05, 4.69) is 0 Å². The van der Waals surface area contributed by atoms with Gasteiger partial charge in [-0.2, -0.15) is 4.58 Å². The highest BCUT2D eigenvalue weighted by Crippen LogP contribution is 2.55. The summed E-state index contributed by atoms with van der Waals surface area (Å²) in [5, 5.41) is 11.2. The molecule has 0 bridgehead atoms. The Balaban J connectivity index is 1.31. The number of aliphatic hydroxyl groups excluding tert-OH is 1. The first-order valence-electron chi connectivity index (χ1n) is 22.9. The number of hydrogen-bond acceptors (Lipinski definition) is 23. The molecule has 0 aromatic heterocycles. The van der Waals surface area contributed by atoms with E-state index in [1.54, 1.807) is 13.8 Å². The maximum atomic E-state index is 14.6. The number of carbonyl (C=O) groups excluding carboxylic acids is 4. The SMILES string of the molecule is COCCN1/C(=C/C2=C(O)C(=CC3=[N+](CCCC(=O)ON4C(=O)CCC4=O)c4ccc5c(S(=O)(=O)[O-])cc(S(=O)(=O)[O-])cc5c4C3(C)C)C2=O)C(C)(CCCS(=O)(=O)[O-])c2c1ccc1c(S(=O)(=O)[O-])cc(S(=O)(=O)[O-])cc21. The fourth-order valence-electron chi connectivity index (χ4n) is 10.5. The van der Waals surface area contributed by atoms with Crippen molar-refractivity contribution in [2.75, 3.05) is 37.5 Å². The van der Waals surface area contributed by atoms with E-state index in [-0.39, 0.29) is 106 Å². The van der Waals surface area contributed by atoms with E-state index >= 15 is 0 Å². The Morgan fingerprint density at radius 1 is 0.727 bits per heavy atom. The van der Waals surface area contributed by atoms with Gasteiger partial charge in [-0.3, -0.25) is 14.4 Å². The third-order valence-corrected chi connectivity index (χ3v) is 18.0. The first-order valence-corrected chi connectivity index (χ1v) is 30.1. The minimum absolute atomic E-state index is 0.0333. The molecule has 8 rings (SSSR count). The molecule has 77 heavy (non-hydrogen) atoms. The predicted octanol–water partition coefficient (Wildman–Crippen LogP) is 2.33. The lowest BCUT2D eigenvalue weighted by Gasteiger charge is -2.32. The van der Waals surface area contributed by atoms with Gasteiger partial charge in [0.1, 0.15) is 52.8 Å². The van der Waals surface area contributed by atoms with Crippen molar-refractivity contribution in [2.45, 2.75) is 89.7 Å². The Morgan fingerprint density at radius 3 is 1.78 bits per heavy atom. The molecule has 4 aromatic rings. The first-order chi connectivity index (χ1) is 35.5. The lowest BCUT2D eigenvalue weighted by Crippen LogP contribution is -2.34. The molecule has 1 saturated heterocycles. The molecule has 0 radical (unpaired) electrons. The standard InChI is InChI=1S/C47H47N3O22S5/c1-46(2)37(48(15-5-7-41(53)72-50-39(51)12-13-40(50)52)33-10-8-27-29(42(33)46)19-25(74(59,60)61)21-35(27)76(65,66)67)23-31-44(54)32(45(31)55)24-38-47(3,14-6-18-73(56,57)58)43-30-20-26(75(62,63)64)22-36(77(68,69)70)28(30)9-11-34(43)49(38)16-17-71-4/h8-11,19-24H,5-7,12-18H2,1-4H3,(H5-,54,55,56,57,58,59,60,61,62,63,64,65,66,67,68,69,70)/p-4. The van der Waals surface area contributed by atoms with Gasteiger partial charge >= 0.3 is 5.97 Å². The predicted molar refractivity (Wildman–Crippen MR) is 260 cm³/mol. The summed E-state index contributed by atoms with van der Waals surface area (Å²) in [5.74, 6) is -4.97. The smallest absolute Gasteiger partial charge is 0.333 e. The molecule has 3 aliphatic heterocycles. The second-order valence-electron chi connectivity index (χ2n) is 19.1. The van der Waals surface area contributed by atoms with Crippen LogP contribution in [0.2, 0.25) is 0 Å². The summed E-state index contributed by atoms with van der Waals surface area (Å²) in [6, 6.07) is 7.61. The van der Waals surface area contributed by atoms with Crippen molar-refractivity contribution in [3.05, 3.63) is 94.4 Å². The molecule has 4 aliphatic rings. The summed E-state index contributed by atoms with van der Waals surface area (Å²) in [7, 11) is -25.4. The normalized spacial score (nSPS) is 20.1. The van der Waals surface area contributed by atoms with Crippen molar-refractivity contribution in [3.63, 3.8) is 0 Å². The van der Waals surface area contributed by atoms with E-state index in [1.807, 2.05) is 0 Å². The van der Waals surface area contributed by atoms with E-state index in [0.29, 0.717) is 17.2 Å². The number of aliphatic hydroxyl groups is 1. The molecular weight excluding hydrogens is 1120 g/mol. The van der Waals surface area contributed by atoms with Crippen LogP contribution < -0.4 is 4.90 Å². The summed E-state index contributed by atoms with van der Waals surface area (Å²) in [4.78, 5) is 54.0. The number of amides is 2. The Labute approximate surface area is 440 Å². The van der Waals surface area contributed by atoms with Gasteiger partial charge in [0.25, 0.3) is 11.8 Å². The number of fused-ring (bicyclic) bond motifs is 6. The second kappa shape index (κ2) is 19.5. The number of imide groups is 1. The lowest BCUT2D eigenvalue weighted by atomic mass is 9.74. The maximum absolute atomic E-state index is 14.6. The summed E-state index contributed by atoms with van der Waals surface area (Å²) in [5.41, 5.74) is -3.22. The molecule has 4 aromatic carbocycles. The molecule has 1 atom stereocenters. The number of Topliss-reactive ketones (excluding diaryl/α,β-unsaturated/α-hetero) is 1. The Hall–Kier alpha value is -6.32. The topological polar surface area (TPSA) is 402 Å². The highest BCUT2D eigenvalue weighted by atomic mass is 32.2. The summed E-state index contributed by atoms with van der Waals surface area (Å²) >= 11 is 0. The van der Waals surface area contributed by atoms with Crippen LogP contribution in [0.3, 0.4) is 0 Å². The van der Waals surface area contributed by atoms with Crippen LogP contribution in [0.4, 0.5) is 11.4 Å². The minimum Gasteiger partial charge on any atom is -0.748 e. The first kappa shape index (κ1) is 56.9. The molecule has 2 amide bonds. The molecular formula is C47H43N3O22S5-4. The van der Waals surface area contributed by atoms with Gasteiger partial charge in [-0.25, -0.2) is 46.9 Å². The number of ether oxygens (including phenoxy) is 1. The van der Waals surface area contributed by atoms with Crippen LogP contribution in [0.1, 0.15) is 70.4 Å². The van der Waals surface area contributed by atoms with Crippen LogP contribution in [0, 0.1) is 0 Å². The van der Waals surface area contributed by atoms with Gasteiger partial charge in [0.15, 0.2) is 5.71 Å². The Kier molecular flexibility index (Phi) is 14.4. The van der Waals surface area contributed by atoms with Gasteiger partial charge in [0.05, 0.1) is 59.3 Å². The lowest BCUT2D eigenvalue weighted by molar-refractivity contribution is -0.438. The number of benzene rings is 4. The molecule has 1 fully saturated rings. The number of ketones is 1. The van der Waals surface area contributed by atoms with Gasteiger partial charge in [-0.1, -0.05) is 6.07 Å². The summed E-state index contributed by atoms with van der Waals surface area (Å²) in [6.07, 6.45) is 0.808. The quantitative estimate of drug-likeness (QED) is 0.0646. The number of allylic oxidation sites excluding steroid dienone is 5. The van der Waals surface area contributed by atoms with Gasteiger partial charge < -0.3 is 42.3 Å². The third kappa shape index (κ3) is 10.5. The van der Waals surface area contributed by atoms with E-state index in [0.717, 1.165) is 12.1 Å². The molecule has 25 nitrogen and oxygen atoms in total.